The van der Waals surface area contributed by atoms with E-state index in [0.717, 1.165) is 32.4 Å². The summed E-state index contributed by atoms with van der Waals surface area (Å²) in [5.41, 5.74) is 0.0627. The first-order chi connectivity index (χ1) is 10.4. The fourth-order valence-electron chi connectivity index (χ4n) is 5.70. The zero-order chi connectivity index (χ0) is 15.6. The van der Waals surface area contributed by atoms with Crippen molar-refractivity contribution in [2.75, 3.05) is 19.8 Å². The second-order valence-corrected chi connectivity index (χ2v) is 8.39. The molecule has 122 valence electrons. The van der Waals surface area contributed by atoms with Crippen molar-refractivity contribution in [3.8, 4) is 0 Å². The van der Waals surface area contributed by atoms with Crippen molar-refractivity contribution in [3.05, 3.63) is 0 Å². The number of hydrogen-bond acceptors (Lipinski definition) is 3. The summed E-state index contributed by atoms with van der Waals surface area (Å²) in [6.45, 7) is 6.47. The summed E-state index contributed by atoms with van der Waals surface area (Å²) in [4.78, 5) is 26.8. The minimum Gasteiger partial charge on any atom is -0.481 e. The molecule has 5 nitrogen and oxygen atoms in total. The molecule has 0 radical (unpaired) electrons. The van der Waals surface area contributed by atoms with Crippen LogP contribution < -0.4 is 0 Å². The number of carbonyl (C=O) groups is 2. The maximum absolute atomic E-state index is 13.2. The van der Waals surface area contributed by atoms with Crippen LogP contribution in [0.15, 0.2) is 0 Å². The summed E-state index contributed by atoms with van der Waals surface area (Å²) in [7, 11) is 0. The van der Waals surface area contributed by atoms with Gasteiger partial charge in [0.05, 0.1) is 31.1 Å². The highest BCUT2D eigenvalue weighted by Gasteiger charge is 2.58. The second kappa shape index (κ2) is 4.70. The van der Waals surface area contributed by atoms with Gasteiger partial charge in [-0.25, -0.2) is 0 Å². The van der Waals surface area contributed by atoms with Crippen LogP contribution in [0.1, 0.15) is 33.1 Å². The number of nitrogens with zero attached hydrogens (tertiary/aromatic N) is 1. The standard InChI is InChI=1S/C17H25NO4/c1-17(2)8-18(12-7-22-6-11(12)17)15(19)13-9-3-4-10(5-9)14(13)16(20)21/h9-14H,3-8H2,1-2H3,(H,20,21)/t9-,10+,11-,12+,13-,14+/m0/s1. The summed E-state index contributed by atoms with van der Waals surface area (Å²) < 4.78 is 5.62. The molecule has 0 aromatic rings. The monoisotopic (exact) mass is 307 g/mol. The van der Waals surface area contributed by atoms with Crippen molar-refractivity contribution in [2.24, 2.45) is 35.0 Å². The Morgan fingerprint density at radius 1 is 1.14 bits per heavy atom. The lowest BCUT2D eigenvalue weighted by atomic mass is 9.78. The maximum Gasteiger partial charge on any atom is 0.307 e. The average Bonchev–Trinajstić information content (AvgIpc) is 3.18. The predicted molar refractivity (Wildman–Crippen MR) is 79.0 cm³/mol. The number of rotatable bonds is 2. The molecule has 2 saturated carbocycles. The third-order valence-corrected chi connectivity index (χ3v) is 6.80. The molecule has 4 aliphatic rings. The molecule has 0 unspecified atom stereocenters. The number of hydrogen-bond donors (Lipinski definition) is 1. The van der Waals surface area contributed by atoms with Gasteiger partial charge >= 0.3 is 5.97 Å². The van der Waals surface area contributed by atoms with Gasteiger partial charge in [0.2, 0.25) is 5.91 Å². The van der Waals surface area contributed by atoms with Crippen LogP contribution >= 0.6 is 0 Å². The fourth-order valence-corrected chi connectivity index (χ4v) is 5.70. The molecule has 4 fully saturated rings. The average molecular weight is 307 g/mol. The Hall–Kier alpha value is -1.10. The molecule has 0 spiro atoms. The van der Waals surface area contributed by atoms with Crippen molar-refractivity contribution in [1.29, 1.82) is 0 Å². The van der Waals surface area contributed by atoms with E-state index in [0.29, 0.717) is 12.5 Å². The van der Waals surface area contributed by atoms with Crippen LogP contribution in [-0.4, -0.2) is 47.7 Å². The van der Waals surface area contributed by atoms with E-state index in [4.69, 9.17) is 4.74 Å². The summed E-state index contributed by atoms with van der Waals surface area (Å²) in [5, 5.41) is 9.59. The SMILES string of the molecule is CC1(C)CN(C(=O)[C@H]2[C@H]3CC[C@H](C3)[C@H]2C(=O)O)[C@@H]2COC[C@@H]21. The lowest BCUT2D eigenvalue weighted by Crippen LogP contribution is -2.47. The highest BCUT2D eigenvalue weighted by molar-refractivity contribution is 5.86. The minimum atomic E-state index is -0.775. The molecule has 5 heteroatoms. The molecule has 2 aliphatic heterocycles. The minimum absolute atomic E-state index is 0.0627. The van der Waals surface area contributed by atoms with E-state index >= 15 is 0 Å². The van der Waals surface area contributed by atoms with Crippen LogP contribution in [0.5, 0.6) is 0 Å². The molecule has 22 heavy (non-hydrogen) atoms. The molecule has 0 aromatic heterocycles. The fraction of sp³-hybridized carbons (Fsp3) is 0.882. The molecule has 1 amide bonds. The smallest absolute Gasteiger partial charge is 0.307 e. The van der Waals surface area contributed by atoms with Gasteiger partial charge in [-0.3, -0.25) is 9.59 Å². The van der Waals surface area contributed by atoms with Crippen molar-refractivity contribution in [1.82, 2.24) is 4.90 Å². The first kappa shape index (κ1) is 14.5. The Labute approximate surface area is 131 Å². The van der Waals surface area contributed by atoms with E-state index in [1.54, 1.807) is 0 Å². The molecule has 2 heterocycles. The normalized spacial score (nSPS) is 45.3. The molecule has 2 bridgehead atoms. The number of carboxylic acids is 1. The summed E-state index contributed by atoms with van der Waals surface area (Å²) >= 11 is 0. The summed E-state index contributed by atoms with van der Waals surface area (Å²) in [6, 6.07) is 0.149. The lowest BCUT2D eigenvalue weighted by molar-refractivity contribution is -0.153. The Morgan fingerprint density at radius 3 is 2.50 bits per heavy atom. The van der Waals surface area contributed by atoms with Gasteiger partial charge in [-0.05, 0) is 36.5 Å². The number of likely N-dealkylation sites (tertiary alicyclic amines) is 1. The van der Waals surface area contributed by atoms with Crippen LogP contribution in [0.25, 0.3) is 0 Å². The molecular weight excluding hydrogens is 282 g/mol. The number of aliphatic carboxylic acids is 1. The highest BCUT2D eigenvalue weighted by atomic mass is 16.5. The topological polar surface area (TPSA) is 66.8 Å². The van der Waals surface area contributed by atoms with Crippen LogP contribution in [0.3, 0.4) is 0 Å². The predicted octanol–water partition coefficient (Wildman–Crippen LogP) is 1.62. The largest absolute Gasteiger partial charge is 0.481 e. The van der Waals surface area contributed by atoms with Gasteiger partial charge in [-0.15, -0.1) is 0 Å². The van der Waals surface area contributed by atoms with Gasteiger partial charge in [0, 0.05) is 12.5 Å². The third-order valence-electron chi connectivity index (χ3n) is 6.80. The zero-order valence-corrected chi connectivity index (χ0v) is 13.3. The van der Waals surface area contributed by atoms with Crippen LogP contribution in [0.4, 0.5) is 0 Å². The lowest BCUT2D eigenvalue weighted by Gasteiger charge is -2.33. The number of carbonyl (C=O) groups excluding carboxylic acids is 1. The molecule has 1 N–H and O–H groups in total. The van der Waals surface area contributed by atoms with E-state index in [1.807, 2.05) is 4.90 Å². The molecular formula is C17H25NO4. The Bertz CT molecular complexity index is 517. The molecule has 4 rings (SSSR count). The Morgan fingerprint density at radius 2 is 1.82 bits per heavy atom. The van der Waals surface area contributed by atoms with E-state index in [2.05, 4.69) is 13.8 Å². The van der Waals surface area contributed by atoms with Crippen LogP contribution in [0.2, 0.25) is 0 Å². The summed E-state index contributed by atoms with van der Waals surface area (Å²) in [6.07, 6.45) is 2.92. The van der Waals surface area contributed by atoms with E-state index in [-0.39, 0.29) is 35.1 Å². The first-order valence-corrected chi connectivity index (χ1v) is 8.51. The Balaban J connectivity index is 1.60. The van der Waals surface area contributed by atoms with Gasteiger partial charge in [0.1, 0.15) is 0 Å². The van der Waals surface area contributed by atoms with Gasteiger partial charge in [-0.2, -0.15) is 0 Å². The number of amides is 1. The maximum atomic E-state index is 13.2. The van der Waals surface area contributed by atoms with Crippen molar-refractivity contribution < 1.29 is 19.4 Å². The van der Waals surface area contributed by atoms with E-state index in [1.165, 1.54) is 0 Å². The van der Waals surface area contributed by atoms with Gasteiger partial charge in [0.25, 0.3) is 0 Å². The number of ether oxygens (including phenoxy) is 1. The van der Waals surface area contributed by atoms with Crippen LogP contribution in [0, 0.1) is 35.0 Å². The molecule has 6 atom stereocenters. The van der Waals surface area contributed by atoms with Crippen LogP contribution in [-0.2, 0) is 14.3 Å². The Kier molecular flexibility index (Phi) is 3.09. The van der Waals surface area contributed by atoms with Crippen molar-refractivity contribution in [2.45, 2.75) is 39.2 Å². The highest BCUT2D eigenvalue weighted by Crippen LogP contribution is 2.54. The van der Waals surface area contributed by atoms with Gasteiger partial charge in [0.15, 0.2) is 0 Å². The quantitative estimate of drug-likeness (QED) is 0.842. The zero-order valence-electron chi connectivity index (χ0n) is 13.3. The third kappa shape index (κ3) is 1.87. The van der Waals surface area contributed by atoms with Crippen molar-refractivity contribution >= 4 is 11.9 Å². The second-order valence-electron chi connectivity index (χ2n) is 8.39. The van der Waals surface area contributed by atoms with E-state index < -0.39 is 11.9 Å². The number of fused-ring (bicyclic) bond motifs is 3. The summed E-state index contributed by atoms with van der Waals surface area (Å²) in [5.74, 6) is -0.569. The van der Waals surface area contributed by atoms with Gasteiger partial charge in [-0.1, -0.05) is 13.8 Å². The molecule has 2 aliphatic carbocycles. The van der Waals surface area contributed by atoms with Gasteiger partial charge < -0.3 is 14.7 Å². The van der Waals surface area contributed by atoms with E-state index in [9.17, 15) is 14.7 Å². The molecule has 0 aromatic carbocycles. The first-order valence-electron chi connectivity index (χ1n) is 8.51. The molecule has 2 saturated heterocycles. The van der Waals surface area contributed by atoms with Crippen molar-refractivity contribution in [3.63, 3.8) is 0 Å². The number of carboxylic acid groups (broad SMARTS) is 1.